The van der Waals surface area contributed by atoms with Crippen molar-refractivity contribution in [3.63, 3.8) is 0 Å². The van der Waals surface area contributed by atoms with E-state index < -0.39 is 0 Å². The first kappa shape index (κ1) is 17.0. The lowest BCUT2D eigenvalue weighted by Crippen LogP contribution is -2.33. The van der Waals surface area contributed by atoms with Crippen LogP contribution in [0.25, 0.3) is 0 Å². The molecule has 0 aromatic heterocycles. The van der Waals surface area contributed by atoms with Gasteiger partial charge in [0.25, 0.3) is 0 Å². The second-order valence-corrected chi connectivity index (χ2v) is 5.49. The Labute approximate surface area is 137 Å². The lowest BCUT2D eigenvalue weighted by Gasteiger charge is -2.23. The molecule has 2 N–H and O–H groups in total. The number of anilines is 1. The van der Waals surface area contributed by atoms with Gasteiger partial charge in [-0.25, -0.2) is 0 Å². The zero-order valence-corrected chi connectivity index (χ0v) is 13.6. The highest BCUT2D eigenvalue weighted by molar-refractivity contribution is 5.76. The summed E-state index contributed by atoms with van der Waals surface area (Å²) in [6.45, 7) is 1.73. The zero-order valence-electron chi connectivity index (χ0n) is 13.6. The Morgan fingerprint density at radius 2 is 1.78 bits per heavy atom. The van der Waals surface area contributed by atoms with Crippen LogP contribution in [-0.4, -0.2) is 31.1 Å². The van der Waals surface area contributed by atoms with Gasteiger partial charge in [0.05, 0.1) is 6.61 Å². The van der Waals surface area contributed by atoms with E-state index in [4.69, 9.17) is 10.5 Å². The number of carbonyl (C=O) groups is 1. The van der Waals surface area contributed by atoms with E-state index >= 15 is 0 Å². The van der Waals surface area contributed by atoms with Gasteiger partial charge in [0.15, 0.2) is 0 Å². The molecule has 0 aliphatic heterocycles. The van der Waals surface area contributed by atoms with Gasteiger partial charge in [-0.2, -0.15) is 0 Å². The van der Waals surface area contributed by atoms with Gasteiger partial charge >= 0.3 is 0 Å². The topological polar surface area (TPSA) is 55.6 Å². The first-order chi connectivity index (χ1) is 11.2. The highest BCUT2D eigenvalue weighted by Crippen LogP contribution is 2.14. The number of aryl methyl sites for hydroxylation is 1. The monoisotopic (exact) mass is 312 g/mol. The highest BCUT2D eigenvalue weighted by Gasteiger charge is 2.14. The molecule has 0 unspecified atom stereocenters. The van der Waals surface area contributed by atoms with Crippen molar-refractivity contribution in [1.29, 1.82) is 0 Å². The third kappa shape index (κ3) is 5.42. The van der Waals surface area contributed by atoms with Crippen molar-refractivity contribution in [2.75, 3.05) is 26.0 Å². The van der Waals surface area contributed by atoms with Gasteiger partial charge in [-0.15, -0.1) is 0 Å². The van der Waals surface area contributed by atoms with E-state index in [0.717, 1.165) is 16.8 Å². The van der Waals surface area contributed by atoms with E-state index in [-0.39, 0.29) is 5.91 Å². The largest absolute Gasteiger partial charge is 0.399 e. The minimum Gasteiger partial charge on any atom is -0.399 e. The number of hydrogen-bond acceptors (Lipinski definition) is 3. The molecule has 2 aromatic carbocycles. The summed E-state index contributed by atoms with van der Waals surface area (Å²) < 4.78 is 5.13. The van der Waals surface area contributed by atoms with Crippen LogP contribution in [-0.2, 0) is 22.5 Å². The normalized spacial score (nSPS) is 10.5. The lowest BCUT2D eigenvalue weighted by atomic mass is 10.1. The molecule has 0 bridgehead atoms. The van der Waals surface area contributed by atoms with E-state index in [1.54, 1.807) is 7.11 Å². The fourth-order valence-corrected chi connectivity index (χ4v) is 2.46. The number of benzene rings is 2. The van der Waals surface area contributed by atoms with Crippen molar-refractivity contribution >= 4 is 11.6 Å². The minimum atomic E-state index is 0.120. The van der Waals surface area contributed by atoms with E-state index in [1.807, 2.05) is 59.5 Å². The van der Waals surface area contributed by atoms with Gasteiger partial charge in [-0.3, -0.25) is 4.79 Å². The number of para-hydroxylation sites is 1. The number of nitrogen functional groups attached to an aromatic ring is 1. The average molecular weight is 312 g/mol. The summed E-state index contributed by atoms with van der Waals surface area (Å²) in [4.78, 5) is 14.4. The number of nitrogens with two attached hydrogens (primary N) is 1. The first-order valence-electron chi connectivity index (χ1n) is 7.84. The van der Waals surface area contributed by atoms with Gasteiger partial charge in [0.1, 0.15) is 0 Å². The molecule has 0 aliphatic carbocycles. The molecular weight excluding hydrogens is 288 g/mol. The van der Waals surface area contributed by atoms with Crippen molar-refractivity contribution in [3.8, 4) is 0 Å². The van der Waals surface area contributed by atoms with Crippen molar-refractivity contribution in [3.05, 3.63) is 65.7 Å². The Balaban J connectivity index is 1.97. The summed E-state index contributed by atoms with van der Waals surface area (Å²) in [5, 5.41) is 0. The summed E-state index contributed by atoms with van der Waals surface area (Å²) in [6, 6.07) is 17.7. The molecule has 4 heteroatoms. The van der Waals surface area contributed by atoms with Crippen molar-refractivity contribution in [1.82, 2.24) is 4.90 Å². The maximum atomic E-state index is 12.6. The molecule has 1 amide bonds. The molecule has 23 heavy (non-hydrogen) atoms. The summed E-state index contributed by atoms with van der Waals surface area (Å²) >= 11 is 0. The number of amides is 1. The van der Waals surface area contributed by atoms with Gasteiger partial charge in [-0.1, -0.05) is 48.5 Å². The molecule has 122 valence electrons. The molecule has 2 aromatic rings. The van der Waals surface area contributed by atoms with Gasteiger partial charge < -0.3 is 15.4 Å². The van der Waals surface area contributed by atoms with Crippen molar-refractivity contribution < 1.29 is 9.53 Å². The lowest BCUT2D eigenvalue weighted by molar-refractivity contribution is -0.132. The molecular formula is C19H24N2O2. The number of methoxy groups -OCH3 is 1. The van der Waals surface area contributed by atoms with Crippen LogP contribution in [0.1, 0.15) is 17.5 Å². The van der Waals surface area contributed by atoms with Crippen LogP contribution in [0.15, 0.2) is 54.6 Å². The molecule has 0 spiro atoms. The highest BCUT2D eigenvalue weighted by atomic mass is 16.5. The first-order valence-corrected chi connectivity index (χ1v) is 7.84. The van der Waals surface area contributed by atoms with Crippen LogP contribution in [0, 0.1) is 0 Å². The molecule has 2 rings (SSSR count). The maximum Gasteiger partial charge on any atom is 0.223 e. The quantitative estimate of drug-likeness (QED) is 0.763. The summed E-state index contributed by atoms with van der Waals surface area (Å²) in [5.74, 6) is 0.120. The van der Waals surface area contributed by atoms with E-state index in [0.29, 0.717) is 32.5 Å². The van der Waals surface area contributed by atoms with Gasteiger partial charge in [-0.05, 0) is 23.6 Å². The maximum absolute atomic E-state index is 12.6. The molecule has 0 aliphatic rings. The second-order valence-electron chi connectivity index (χ2n) is 5.49. The van der Waals surface area contributed by atoms with Crippen LogP contribution < -0.4 is 5.73 Å². The smallest absolute Gasteiger partial charge is 0.223 e. The Bertz CT molecular complexity index is 614. The molecule has 0 saturated carbocycles. The predicted octanol–water partition coefficient (Wildman–Crippen LogP) is 2.88. The van der Waals surface area contributed by atoms with E-state index in [9.17, 15) is 4.79 Å². The van der Waals surface area contributed by atoms with Crippen LogP contribution in [0.5, 0.6) is 0 Å². The SMILES string of the molecule is COCCN(Cc1ccccc1)C(=O)CCc1ccccc1N. The Kier molecular flexibility index (Phi) is 6.63. The summed E-state index contributed by atoms with van der Waals surface area (Å²) in [5.41, 5.74) is 8.83. The zero-order chi connectivity index (χ0) is 16.5. The summed E-state index contributed by atoms with van der Waals surface area (Å²) in [7, 11) is 1.65. The molecule has 0 saturated heterocycles. The predicted molar refractivity (Wildman–Crippen MR) is 92.9 cm³/mol. The number of hydrogen-bond donors (Lipinski definition) is 1. The van der Waals surface area contributed by atoms with Crippen LogP contribution in [0.3, 0.4) is 0 Å². The number of nitrogens with zero attached hydrogens (tertiary/aromatic N) is 1. The Hall–Kier alpha value is -2.33. The van der Waals surface area contributed by atoms with Crippen LogP contribution in [0.4, 0.5) is 5.69 Å². The minimum absolute atomic E-state index is 0.120. The van der Waals surface area contributed by atoms with Crippen molar-refractivity contribution in [2.45, 2.75) is 19.4 Å². The Morgan fingerprint density at radius 1 is 1.09 bits per heavy atom. The number of ether oxygens (including phenoxy) is 1. The van der Waals surface area contributed by atoms with Gasteiger partial charge in [0.2, 0.25) is 5.91 Å². The fourth-order valence-electron chi connectivity index (χ4n) is 2.46. The van der Waals surface area contributed by atoms with Crippen LogP contribution in [0.2, 0.25) is 0 Å². The number of rotatable bonds is 8. The van der Waals surface area contributed by atoms with Crippen LogP contribution >= 0.6 is 0 Å². The van der Waals surface area contributed by atoms with Gasteiger partial charge in [0, 0.05) is 32.3 Å². The molecule has 0 radical (unpaired) electrons. The standard InChI is InChI=1S/C19H24N2O2/c1-23-14-13-21(15-16-7-3-2-4-8-16)19(22)12-11-17-9-5-6-10-18(17)20/h2-10H,11-15,20H2,1H3. The molecule has 0 atom stereocenters. The third-order valence-electron chi connectivity index (χ3n) is 3.80. The summed E-state index contributed by atoms with van der Waals surface area (Å²) in [6.07, 6.45) is 1.11. The van der Waals surface area contributed by atoms with E-state index in [2.05, 4.69) is 0 Å². The second kappa shape index (κ2) is 8.96. The molecule has 0 heterocycles. The Morgan fingerprint density at radius 3 is 2.48 bits per heavy atom. The molecule has 0 fully saturated rings. The number of carbonyl (C=O) groups excluding carboxylic acids is 1. The fraction of sp³-hybridized carbons (Fsp3) is 0.316. The van der Waals surface area contributed by atoms with Crippen molar-refractivity contribution in [2.24, 2.45) is 0 Å². The average Bonchev–Trinajstić information content (AvgIpc) is 2.58. The van der Waals surface area contributed by atoms with E-state index in [1.165, 1.54) is 0 Å². The third-order valence-corrected chi connectivity index (χ3v) is 3.80. The molecule has 4 nitrogen and oxygen atoms in total.